The minimum absolute atomic E-state index is 0. The molecule has 0 aromatic heterocycles. The summed E-state index contributed by atoms with van der Waals surface area (Å²) >= 11 is 0. The number of hydrogen-bond donors (Lipinski definition) is 2. The molecule has 5 nitrogen and oxygen atoms in total. The molecule has 0 amide bonds. The summed E-state index contributed by atoms with van der Waals surface area (Å²) in [5.74, 6) is 0.691. The summed E-state index contributed by atoms with van der Waals surface area (Å²) in [7, 11) is 1.72. The van der Waals surface area contributed by atoms with Gasteiger partial charge >= 0.3 is 6.18 Å². The van der Waals surface area contributed by atoms with E-state index in [1.165, 1.54) is 25.0 Å². The molecule has 0 saturated carbocycles. The van der Waals surface area contributed by atoms with Crippen LogP contribution >= 0.6 is 24.0 Å². The van der Waals surface area contributed by atoms with Gasteiger partial charge < -0.3 is 15.4 Å². The molecule has 1 aromatic carbocycles. The van der Waals surface area contributed by atoms with Gasteiger partial charge in [-0.15, -0.1) is 24.0 Å². The largest absolute Gasteiger partial charge is 0.416 e. The van der Waals surface area contributed by atoms with E-state index >= 15 is 0 Å². The van der Waals surface area contributed by atoms with Crippen molar-refractivity contribution >= 4 is 29.9 Å². The Kier molecular flexibility index (Phi) is 9.88. The van der Waals surface area contributed by atoms with Crippen LogP contribution in [0, 0.1) is 0 Å². The van der Waals surface area contributed by atoms with Gasteiger partial charge in [-0.05, 0) is 50.4 Å². The lowest BCUT2D eigenvalue weighted by Crippen LogP contribution is -2.50. The van der Waals surface area contributed by atoms with E-state index in [0.717, 1.165) is 25.7 Å². The number of alkyl halides is 3. The van der Waals surface area contributed by atoms with Crippen LogP contribution in [0.3, 0.4) is 0 Å². The Morgan fingerprint density at radius 3 is 2.65 bits per heavy atom. The summed E-state index contributed by atoms with van der Waals surface area (Å²) in [5.41, 5.74) is -0.314. The first-order chi connectivity index (χ1) is 14.4. The Bertz CT molecular complexity index is 723. The first-order valence-corrected chi connectivity index (χ1v) is 10.8. The third-order valence-corrected chi connectivity index (χ3v) is 6.48. The minimum Gasteiger partial charge on any atom is -0.381 e. The Balaban J connectivity index is 0.00000341. The molecule has 2 aliphatic heterocycles. The van der Waals surface area contributed by atoms with Gasteiger partial charge in [0.2, 0.25) is 0 Å². The molecule has 2 N–H and O–H groups in total. The normalized spacial score (nSPS) is 22.1. The number of guanidine groups is 1. The first kappa shape index (κ1) is 26.2. The van der Waals surface area contributed by atoms with E-state index in [1.54, 1.807) is 13.1 Å². The van der Waals surface area contributed by atoms with Crippen LogP contribution in [-0.4, -0.2) is 63.3 Å². The zero-order valence-corrected chi connectivity index (χ0v) is 20.6. The van der Waals surface area contributed by atoms with Crippen molar-refractivity contribution in [1.29, 1.82) is 0 Å². The monoisotopic (exact) mass is 554 g/mol. The van der Waals surface area contributed by atoms with Gasteiger partial charge in [0, 0.05) is 44.8 Å². The number of benzene rings is 1. The lowest BCUT2D eigenvalue weighted by Gasteiger charge is -2.38. The summed E-state index contributed by atoms with van der Waals surface area (Å²) in [6, 6.07) is 6.22. The van der Waals surface area contributed by atoms with Crippen LogP contribution in [0.2, 0.25) is 0 Å². The molecule has 3 rings (SSSR count). The maximum atomic E-state index is 13.3. The lowest BCUT2D eigenvalue weighted by atomic mass is 9.73. The Morgan fingerprint density at radius 2 is 2.00 bits per heavy atom. The standard InChI is InChI=1S/C22H33F3N4O.HI/c1-3-29-11-5-8-19(29)15-27-20(26-2)28-16-21(9-12-30-13-10-21)17-6-4-7-18(14-17)22(23,24)25;/h4,6-7,14,19H,3,5,8-13,15-16H2,1-2H3,(H2,26,27,28);1H. The van der Waals surface area contributed by atoms with Crippen molar-refractivity contribution < 1.29 is 17.9 Å². The summed E-state index contributed by atoms with van der Waals surface area (Å²) in [6.07, 6.45) is -0.622. The third-order valence-electron chi connectivity index (χ3n) is 6.48. The molecule has 2 saturated heterocycles. The second-order valence-electron chi connectivity index (χ2n) is 8.20. The number of hydrogen-bond acceptors (Lipinski definition) is 3. The number of likely N-dealkylation sites (tertiary alicyclic amines) is 1. The fraction of sp³-hybridized carbons (Fsp3) is 0.682. The van der Waals surface area contributed by atoms with Gasteiger partial charge in [0.25, 0.3) is 0 Å². The lowest BCUT2D eigenvalue weighted by molar-refractivity contribution is -0.137. The molecule has 176 valence electrons. The van der Waals surface area contributed by atoms with Crippen molar-refractivity contribution in [1.82, 2.24) is 15.5 Å². The van der Waals surface area contributed by atoms with Crippen LogP contribution in [0.4, 0.5) is 13.2 Å². The molecule has 2 aliphatic rings. The molecule has 1 unspecified atom stereocenters. The molecule has 0 bridgehead atoms. The van der Waals surface area contributed by atoms with E-state index in [1.807, 2.05) is 0 Å². The number of nitrogens with zero attached hydrogens (tertiary/aromatic N) is 2. The summed E-state index contributed by atoms with van der Waals surface area (Å²) in [5, 5.41) is 6.78. The Labute approximate surface area is 200 Å². The number of halogens is 4. The maximum absolute atomic E-state index is 13.3. The number of rotatable bonds is 6. The zero-order chi connectivity index (χ0) is 21.6. The minimum atomic E-state index is -4.35. The van der Waals surface area contributed by atoms with Gasteiger partial charge in [-0.3, -0.25) is 9.89 Å². The fourth-order valence-electron chi connectivity index (χ4n) is 4.59. The van der Waals surface area contributed by atoms with Crippen molar-refractivity contribution in [2.45, 2.75) is 50.2 Å². The first-order valence-electron chi connectivity index (χ1n) is 10.8. The summed E-state index contributed by atoms with van der Waals surface area (Å²) in [4.78, 5) is 6.79. The number of aliphatic imine (C=N–C) groups is 1. The Morgan fingerprint density at radius 1 is 1.26 bits per heavy atom. The van der Waals surface area contributed by atoms with Gasteiger partial charge in [0.15, 0.2) is 5.96 Å². The molecule has 1 atom stereocenters. The van der Waals surface area contributed by atoms with E-state index < -0.39 is 17.2 Å². The topological polar surface area (TPSA) is 48.9 Å². The summed E-state index contributed by atoms with van der Waals surface area (Å²) in [6.45, 7) is 6.75. The summed E-state index contributed by atoms with van der Waals surface area (Å²) < 4.78 is 45.3. The number of likely N-dealkylation sites (N-methyl/N-ethyl adjacent to an activating group) is 1. The fourth-order valence-corrected chi connectivity index (χ4v) is 4.59. The van der Waals surface area contributed by atoms with Crippen molar-refractivity contribution in [3.63, 3.8) is 0 Å². The van der Waals surface area contributed by atoms with Gasteiger partial charge in [-0.2, -0.15) is 13.2 Å². The van der Waals surface area contributed by atoms with Crippen LogP contribution in [0.5, 0.6) is 0 Å². The molecule has 31 heavy (non-hydrogen) atoms. The molecule has 0 radical (unpaired) electrons. The van der Waals surface area contributed by atoms with Crippen molar-refractivity contribution in [3.8, 4) is 0 Å². The van der Waals surface area contributed by atoms with Crippen molar-refractivity contribution in [2.75, 3.05) is 46.4 Å². The van der Waals surface area contributed by atoms with Gasteiger partial charge in [0.1, 0.15) is 0 Å². The van der Waals surface area contributed by atoms with Crippen LogP contribution in [0.15, 0.2) is 29.3 Å². The molecular formula is C22H34F3IN4O. The average Bonchev–Trinajstić information content (AvgIpc) is 3.21. The van der Waals surface area contributed by atoms with E-state index in [9.17, 15) is 13.2 Å². The van der Waals surface area contributed by atoms with Crippen LogP contribution in [-0.2, 0) is 16.3 Å². The second-order valence-corrected chi connectivity index (χ2v) is 8.20. The molecule has 0 aliphatic carbocycles. The molecular weight excluding hydrogens is 520 g/mol. The maximum Gasteiger partial charge on any atom is 0.416 e. The Hall–Kier alpha value is -1.07. The molecule has 2 fully saturated rings. The highest BCUT2D eigenvalue weighted by molar-refractivity contribution is 14.0. The molecule has 9 heteroatoms. The van der Waals surface area contributed by atoms with Crippen molar-refractivity contribution in [3.05, 3.63) is 35.4 Å². The molecule has 0 spiro atoms. The van der Waals surface area contributed by atoms with E-state index in [-0.39, 0.29) is 24.0 Å². The van der Waals surface area contributed by atoms with Crippen LogP contribution in [0.1, 0.15) is 43.7 Å². The van der Waals surface area contributed by atoms with Crippen LogP contribution < -0.4 is 10.6 Å². The average molecular weight is 554 g/mol. The van der Waals surface area contributed by atoms with Gasteiger partial charge in [0.05, 0.1) is 5.56 Å². The zero-order valence-electron chi connectivity index (χ0n) is 18.3. The van der Waals surface area contributed by atoms with Crippen LogP contribution in [0.25, 0.3) is 0 Å². The van der Waals surface area contributed by atoms with Gasteiger partial charge in [-0.25, -0.2) is 0 Å². The predicted molar refractivity (Wildman–Crippen MR) is 128 cm³/mol. The van der Waals surface area contributed by atoms with Crippen molar-refractivity contribution in [2.24, 2.45) is 4.99 Å². The predicted octanol–water partition coefficient (Wildman–Crippen LogP) is 4.02. The highest BCUT2D eigenvalue weighted by Crippen LogP contribution is 2.37. The van der Waals surface area contributed by atoms with E-state index in [4.69, 9.17) is 4.74 Å². The highest BCUT2D eigenvalue weighted by Gasteiger charge is 2.37. The SMILES string of the molecule is CCN1CCCC1CNC(=NC)NCC1(c2cccc(C(F)(F)F)c2)CCOCC1.I. The second kappa shape index (κ2) is 11.7. The van der Waals surface area contributed by atoms with E-state index in [2.05, 4.69) is 27.4 Å². The smallest absolute Gasteiger partial charge is 0.381 e. The quantitative estimate of drug-likeness (QED) is 0.317. The molecule has 1 aromatic rings. The number of ether oxygens (including phenoxy) is 1. The van der Waals surface area contributed by atoms with Gasteiger partial charge in [-0.1, -0.05) is 25.1 Å². The highest BCUT2D eigenvalue weighted by atomic mass is 127. The third kappa shape index (κ3) is 6.71. The molecule has 2 heterocycles. The number of nitrogens with one attached hydrogen (secondary N) is 2. The van der Waals surface area contributed by atoms with E-state index in [0.29, 0.717) is 50.2 Å².